The minimum Gasteiger partial charge on any atom is -0.390 e. The summed E-state index contributed by atoms with van der Waals surface area (Å²) in [5, 5.41) is 16.7. The molecule has 1 saturated heterocycles. The highest BCUT2D eigenvalue weighted by Crippen LogP contribution is 2.37. The van der Waals surface area contributed by atoms with Crippen molar-refractivity contribution in [2.45, 2.75) is 56.6 Å². The second-order valence-electron chi connectivity index (χ2n) is 5.16. The van der Waals surface area contributed by atoms with E-state index in [4.69, 9.17) is 0 Å². The van der Waals surface area contributed by atoms with E-state index in [-0.39, 0.29) is 5.60 Å². The first-order chi connectivity index (χ1) is 7.29. The van der Waals surface area contributed by atoms with Crippen LogP contribution in [0.25, 0.3) is 0 Å². The van der Waals surface area contributed by atoms with Gasteiger partial charge in [-0.1, -0.05) is 6.42 Å². The minimum absolute atomic E-state index is 0.285. The van der Waals surface area contributed by atoms with Gasteiger partial charge in [0.15, 0.2) is 0 Å². The van der Waals surface area contributed by atoms with Crippen molar-refractivity contribution in [3.05, 3.63) is 0 Å². The molecule has 15 heavy (non-hydrogen) atoms. The van der Waals surface area contributed by atoms with E-state index >= 15 is 0 Å². The van der Waals surface area contributed by atoms with Crippen molar-refractivity contribution in [1.82, 2.24) is 10.6 Å². The summed E-state index contributed by atoms with van der Waals surface area (Å²) >= 11 is 0. The molecule has 1 saturated carbocycles. The van der Waals surface area contributed by atoms with Gasteiger partial charge < -0.3 is 15.7 Å². The maximum atomic E-state index is 9.71. The topological polar surface area (TPSA) is 44.3 Å². The van der Waals surface area contributed by atoms with Gasteiger partial charge in [0, 0.05) is 6.04 Å². The molecule has 2 rings (SSSR count). The lowest BCUT2D eigenvalue weighted by Crippen LogP contribution is -2.36. The predicted molar refractivity (Wildman–Crippen MR) is 61.9 cm³/mol. The van der Waals surface area contributed by atoms with Crippen LogP contribution in [0.5, 0.6) is 0 Å². The fourth-order valence-electron chi connectivity index (χ4n) is 2.29. The van der Waals surface area contributed by atoms with E-state index in [2.05, 4.69) is 10.6 Å². The second kappa shape index (κ2) is 5.28. The van der Waals surface area contributed by atoms with E-state index in [1.54, 1.807) is 0 Å². The number of rotatable bonds is 4. The molecule has 1 atom stereocenters. The first-order valence-electron chi connectivity index (χ1n) is 6.45. The lowest BCUT2D eigenvalue weighted by Gasteiger charge is -2.22. The highest BCUT2D eigenvalue weighted by molar-refractivity contribution is 4.93. The number of hydrogen-bond acceptors (Lipinski definition) is 3. The molecule has 1 aliphatic heterocycles. The average molecular weight is 212 g/mol. The Hall–Kier alpha value is -0.120. The molecule has 3 nitrogen and oxygen atoms in total. The second-order valence-corrected chi connectivity index (χ2v) is 5.16. The first-order valence-corrected chi connectivity index (χ1v) is 6.45. The molecule has 0 radical (unpaired) electrons. The van der Waals surface area contributed by atoms with Gasteiger partial charge >= 0.3 is 0 Å². The van der Waals surface area contributed by atoms with Crippen LogP contribution in [0.3, 0.4) is 0 Å². The SMILES string of the molecule is OC1(CCNC2CCCCNCC2)CC1. The highest BCUT2D eigenvalue weighted by Gasteiger charge is 2.39. The summed E-state index contributed by atoms with van der Waals surface area (Å²) in [5.41, 5.74) is -0.285. The Kier molecular flexibility index (Phi) is 4.00. The Morgan fingerprint density at radius 1 is 1.20 bits per heavy atom. The third kappa shape index (κ3) is 4.09. The van der Waals surface area contributed by atoms with Crippen molar-refractivity contribution < 1.29 is 5.11 Å². The smallest absolute Gasteiger partial charge is 0.0662 e. The molecular formula is C12H24N2O. The van der Waals surface area contributed by atoms with E-state index in [0.717, 1.165) is 32.4 Å². The molecule has 0 aromatic carbocycles. The van der Waals surface area contributed by atoms with E-state index in [9.17, 15) is 5.11 Å². The van der Waals surface area contributed by atoms with E-state index < -0.39 is 0 Å². The molecule has 1 unspecified atom stereocenters. The van der Waals surface area contributed by atoms with Crippen molar-refractivity contribution >= 4 is 0 Å². The molecule has 0 aromatic rings. The van der Waals surface area contributed by atoms with Crippen LogP contribution < -0.4 is 10.6 Å². The van der Waals surface area contributed by atoms with Gasteiger partial charge in [-0.3, -0.25) is 0 Å². The van der Waals surface area contributed by atoms with Gasteiger partial charge in [0.05, 0.1) is 5.60 Å². The van der Waals surface area contributed by atoms with Crippen molar-refractivity contribution in [3.8, 4) is 0 Å². The molecule has 3 N–H and O–H groups in total. The van der Waals surface area contributed by atoms with E-state index in [1.807, 2.05) is 0 Å². The van der Waals surface area contributed by atoms with Crippen LogP contribution in [0.1, 0.15) is 44.9 Å². The zero-order valence-electron chi connectivity index (χ0n) is 9.60. The van der Waals surface area contributed by atoms with Crippen LogP contribution in [-0.4, -0.2) is 36.4 Å². The van der Waals surface area contributed by atoms with Gasteiger partial charge in [0.2, 0.25) is 0 Å². The Labute approximate surface area is 92.6 Å². The summed E-state index contributed by atoms with van der Waals surface area (Å²) in [6.45, 7) is 3.32. The molecular weight excluding hydrogens is 188 g/mol. The molecule has 1 aliphatic carbocycles. The van der Waals surface area contributed by atoms with Crippen molar-refractivity contribution in [2.24, 2.45) is 0 Å². The summed E-state index contributed by atoms with van der Waals surface area (Å²) in [5.74, 6) is 0. The number of nitrogens with one attached hydrogen (secondary N) is 2. The maximum absolute atomic E-state index is 9.71. The summed E-state index contributed by atoms with van der Waals surface area (Å²) < 4.78 is 0. The molecule has 3 heteroatoms. The van der Waals surface area contributed by atoms with Gasteiger partial charge in [-0.05, 0) is 58.2 Å². The third-order valence-electron chi connectivity index (χ3n) is 3.68. The van der Waals surface area contributed by atoms with Gasteiger partial charge in [-0.2, -0.15) is 0 Å². The Morgan fingerprint density at radius 2 is 2.07 bits per heavy atom. The van der Waals surface area contributed by atoms with Crippen molar-refractivity contribution in [1.29, 1.82) is 0 Å². The van der Waals surface area contributed by atoms with Gasteiger partial charge in [-0.15, -0.1) is 0 Å². The number of hydrogen-bond donors (Lipinski definition) is 3. The summed E-state index contributed by atoms with van der Waals surface area (Å²) in [6, 6.07) is 0.667. The van der Waals surface area contributed by atoms with Gasteiger partial charge in [0.25, 0.3) is 0 Å². The van der Waals surface area contributed by atoms with Crippen LogP contribution in [0.15, 0.2) is 0 Å². The van der Waals surface area contributed by atoms with Crippen LogP contribution in [0, 0.1) is 0 Å². The third-order valence-corrected chi connectivity index (χ3v) is 3.68. The standard InChI is InChI=1S/C12H24N2O/c15-12(5-6-12)7-10-14-11-3-1-2-8-13-9-4-11/h11,13-15H,1-10H2. The molecule has 1 heterocycles. The highest BCUT2D eigenvalue weighted by atomic mass is 16.3. The molecule has 0 bridgehead atoms. The first kappa shape index (κ1) is 11.4. The Bertz CT molecular complexity index is 184. The molecule has 0 spiro atoms. The monoisotopic (exact) mass is 212 g/mol. The van der Waals surface area contributed by atoms with Crippen molar-refractivity contribution in [2.75, 3.05) is 19.6 Å². The van der Waals surface area contributed by atoms with Crippen molar-refractivity contribution in [3.63, 3.8) is 0 Å². The molecule has 0 aromatic heterocycles. The quantitative estimate of drug-likeness (QED) is 0.652. The largest absolute Gasteiger partial charge is 0.390 e. The molecule has 88 valence electrons. The van der Waals surface area contributed by atoms with Crippen LogP contribution in [0.4, 0.5) is 0 Å². The van der Waals surface area contributed by atoms with E-state index in [1.165, 1.54) is 32.2 Å². The minimum atomic E-state index is -0.285. The zero-order valence-corrected chi connectivity index (χ0v) is 9.60. The normalized spacial score (nSPS) is 30.6. The maximum Gasteiger partial charge on any atom is 0.0662 e. The summed E-state index contributed by atoms with van der Waals surface area (Å²) in [4.78, 5) is 0. The van der Waals surface area contributed by atoms with Gasteiger partial charge in [-0.25, -0.2) is 0 Å². The average Bonchev–Trinajstić information content (AvgIpc) is 2.88. The zero-order chi connectivity index (χ0) is 10.6. The fourth-order valence-corrected chi connectivity index (χ4v) is 2.29. The molecule has 0 amide bonds. The molecule has 2 aliphatic rings. The van der Waals surface area contributed by atoms with E-state index in [0.29, 0.717) is 6.04 Å². The lowest BCUT2D eigenvalue weighted by molar-refractivity contribution is 0.138. The predicted octanol–water partition coefficient (Wildman–Crippen LogP) is 1.02. The van der Waals surface area contributed by atoms with Crippen LogP contribution >= 0.6 is 0 Å². The van der Waals surface area contributed by atoms with Crippen LogP contribution in [0.2, 0.25) is 0 Å². The van der Waals surface area contributed by atoms with Gasteiger partial charge in [0.1, 0.15) is 0 Å². The Morgan fingerprint density at radius 3 is 2.87 bits per heavy atom. The summed E-state index contributed by atoms with van der Waals surface area (Å²) in [7, 11) is 0. The lowest BCUT2D eigenvalue weighted by atomic mass is 10.0. The summed E-state index contributed by atoms with van der Waals surface area (Å²) in [6.07, 6.45) is 8.15. The Balaban J connectivity index is 1.59. The van der Waals surface area contributed by atoms with Crippen LogP contribution in [-0.2, 0) is 0 Å². The fraction of sp³-hybridized carbons (Fsp3) is 1.00. The molecule has 2 fully saturated rings. The number of aliphatic hydroxyl groups is 1.